The topological polar surface area (TPSA) is 42.1 Å². The number of ketones is 1. The molecule has 0 radical (unpaired) electrons. The molecule has 0 spiro atoms. The summed E-state index contributed by atoms with van der Waals surface area (Å²) in [5.41, 5.74) is 3.68. The van der Waals surface area contributed by atoms with Crippen molar-refractivity contribution in [2.75, 3.05) is 0 Å². The molecule has 2 aromatic carbocycles. The van der Waals surface area contributed by atoms with Crippen LogP contribution < -0.4 is 4.74 Å². The zero-order chi connectivity index (χ0) is 28.2. The fourth-order valence-electron chi connectivity index (χ4n) is 5.52. The van der Waals surface area contributed by atoms with E-state index in [4.69, 9.17) is 4.74 Å². The van der Waals surface area contributed by atoms with Gasteiger partial charge in [0.1, 0.15) is 11.5 Å². The summed E-state index contributed by atoms with van der Waals surface area (Å²) in [6.07, 6.45) is 3.25. The van der Waals surface area contributed by atoms with Gasteiger partial charge in [-0.3, -0.25) is 4.79 Å². The minimum absolute atomic E-state index is 0.0124. The number of benzene rings is 2. The lowest BCUT2D eigenvalue weighted by Gasteiger charge is -2.40. The maximum Gasteiger partial charge on any atom is 0.423 e. The number of carbonyl (C=O) groups excluding carboxylic acids is 1. The number of allylic oxidation sites excluding steroid dienone is 4. The number of hydrogen-bond acceptors (Lipinski definition) is 2. The Kier molecular flexibility index (Phi) is 8.73. The number of carbonyl (C=O) groups is 1. The van der Waals surface area contributed by atoms with E-state index in [2.05, 4.69) is 34.1 Å². The Labute approximate surface area is 235 Å². The van der Waals surface area contributed by atoms with Crippen molar-refractivity contribution in [1.29, 1.82) is 0 Å². The maximum atomic E-state index is 13.3. The minimum atomic E-state index is -4.54. The molecular formula is C32H31BrF3NO2. The molecule has 4 rings (SSSR count). The summed E-state index contributed by atoms with van der Waals surface area (Å²) in [4.78, 5) is 16.4. The third-order valence-corrected chi connectivity index (χ3v) is 8.30. The second kappa shape index (κ2) is 11.8. The fourth-order valence-corrected chi connectivity index (χ4v) is 6.31. The van der Waals surface area contributed by atoms with Gasteiger partial charge >= 0.3 is 6.18 Å². The van der Waals surface area contributed by atoms with E-state index in [1.807, 2.05) is 54.4 Å². The van der Waals surface area contributed by atoms with Gasteiger partial charge < -0.3 is 9.72 Å². The summed E-state index contributed by atoms with van der Waals surface area (Å²) in [6, 6.07) is 13.7. The number of aromatic amines is 1. The van der Waals surface area contributed by atoms with Crippen LogP contribution in [0, 0.1) is 0 Å². The first-order chi connectivity index (χ1) is 18.6. The average Bonchev–Trinajstić information content (AvgIpc) is 3.37. The predicted octanol–water partition coefficient (Wildman–Crippen LogP) is 9.10. The molecule has 3 nitrogen and oxygen atoms in total. The molecule has 0 atom stereocenters. The minimum Gasteiger partial charge on any atom is -0.490 e. The molecule has 1 aliphatic rings. The number of fused-ring (bicyclic) bond motifs is 1. The van der Waals surface area contributed by atoms with Gasteiger partial charge in [0.15, 0.2) is 0 Å². The Balaban J connectivity index is 1.55. The van der Waals surface area contributed by atoms with E-state index in [-0.39, 0.29) is 11.9 Å². The molecule has 7 heteroatoms. The number of aromatic nitrogens is 1. The Bertz CT molecular complexity index is 1450. The van der Waals surface area contributed by atoms with E-state index in [9.17, 15) is 18.0 Å². The van der Waals surface area contributed by atoms with Crippen LogP contribution in [-0.2, 0) is 16.6 Å². The number of ether oxygens (including phenoxy) is 1. The highest BCUT2D eigenvalue weighted by atomic mass is 79.9. The molecule has 1 aliphatic carbocycles. The molecule has 0 unspecified atom stereocenters. The van der Waals surface area contributed by atoms with E-state index in [0.29, 0.717) is 44.1 Å². The van der Waals surface area contributed by atoms with Crippen LogP contribution in [-0.4, -0.2) is 23.0 Å². The zero-order valence-electron chi connectivity index (χ0n) is 21.8. The number of Topliss-reactive ketones (excluding diaryl/α,β-unsaturated/α-hetero) is 1. The molecule has 1 saturated carbocycles. The van der Waals surface area contributed by atoms with Gasteiger partial charge in [-0.25, -0.2) is 0 Å². The van der Waals surface area contributed by atoms with Crippen molar-refractivity contribution >= 4 is 32.6 Å². The largest absolute Gasteiger partial charge is 0.490 e. The van der Waals surface area contributed by atoms with Crippen LogP contribution >= 0.6 is 15.9 Å². The van der Waals surface area contributed by atoms with Crippen LogP contribution in [0.3, 0.4) is 0 Å². The Morgan fingerprint density at radius 2 is 1.97 bits per heavy atom. The lowest BCUT2D eigenvalue weighted by Crippen LogP contribution is -2.42. The van der Waals surface area contributed by atoms with Crippen LogP contribution in [0.2, 0.25) is 0 Å². The molecule has 39 heavy (non-hydrogen) atoms. The normalized spacial score (nSPS) is 19.9. The standard InChI is InChI=1S/C32H31BrF3NO2/c1-4-22(19-25(5-2)32(34,35)36)9-10-23-7-6-8-28(33)30(23)31(21(3)38)16-13-26(14-17-31)39-27-11-12-29-24(20-27)15-18-37-29/h4,6-8,11-12,15,18-20,26,37H,1-2,9-10,13-14,16-17H2,3H3/b22-19+. The number of rotatable bonds is 9. The van der Waals surface area contributed by atoms with Crippen LogP contribution in [0.1, 0.15) is 50.2 Å². The fraction of sp³-hybridized carbons (Fsp3) is 0.312. The van der Waals surface area contributed by atoms with Gasteiger partial charge in [-0.1, -0.05) is 47.3 Å². The molecule has 0 bridgehead atoms. The number of alkyl halides is 3. The number of halogens is 4. The van der Waals surface area contributed by atoms with Crippen molar-refractivity contribution in [3.63, 3.8) is 0 Å². The van der Waals surface area contributed by atoms with Gasteiger partial charge in [0, 0.05) is 21.6 Å². The number of hydrogen-bond donors (Lipinski definition) is 1. The summed E-state index contributed by atoms with van der Waals surface area (Å²) in [7, 11) is 0. The molecule has 0 amide bonds. The first kappa shape index (κ1) is 28.7. The van der Waals surface area contributed by atoms with Gasteiger partial charge in [-0.05, 0) is 98.6 Å². The molecule has 1 fully saturated rings. The summed E-state index contributed by atoms with van der Waals surface area (Å²) in [6.45, 7) is 8.50. The van der Waals surface area contributed by atoms with Crippen molar-refractivity contribution < 1.29 is 22.7 Å². The molecular weight excluding hydrogens is 567 g/mol. The van der Waals surface area contributed by atoms with Gasteiger partial charge in [0.25, 0.3) is 0 Å². The summed E-state index contributed by atoms with van der Waals surface area (Å²) in [5, 5.41) is 1.08. The lowest BCUT2D eigenvalue weighted by molar-refractivity contribution is -0.124. The smallest absolute Gasteiger partial charge is 0.423 e. The van der Waals surface area contributed by atoms with Crippen LogP contribution in [0.25, 0.3) is 10.9 Å². The second-order valence-electron chi connectivity index (χ2n) is 9.97. The first-order valence-corrected chi connectivity index (χ1v) is 13.7. The van der Waals surface area contributed by atoms with E-state index in [0.717, 1.165) is 38.3 Å². The van der Waals surface area contributed by atoms with Crippen LogP contribution in [0.4, 0.5) is 13.2 Å². The Morgan fingerprint density at radius 3 is 2.62 bits per heavy atom. The van der Waals surface area contributed by atoms with Gasteiger partial charge in [-0.15, -0.1) is 5.73 Å². The molecule has 3 aromatic rings. The van der Waals surface area contributed by atoms with Crippen molar-refractivity contribution in [2.45, 2.75) is 63.1 Å². The van der Waals surface area contributed by atoms with E-state index >= 15 is 0 Å². The lowest BCUT2D eigenvalue weighted by atomic mass is 9.65. The predicted molar refractivity (Wildman–Crippen MR) is 153 cm³/mol. The van der Waals surface area contributed by atoms with Crippen LogP contribution in [0.15, 0.2) is 95.3 Å². The highest BCUT2D eigenvalue weighted by Gasteiger charge is 2.44. The zero-order valence-corrected chi connectivity index (χ0v) is 23.4. The molecule has 0 aliphatic heterocycles. The number of aryl methyl sites for hydroxylation is 1. The number of H-pyrrole nitrogens is 1. The van der Waals surface area contributed by atoms with Crippen molar-refractivity contribution in [3.8, 4) is 5.75 Å². The highest BCUT2D eigenvalue weighted by Crippen LogP contribution is 2.46. The van der Waals surface area contributed by atoms with E-state index in [1.165, 1.54) is 6.08 Å². The average molecular weight is 599 g/mol. The second-order valence-corrected chi connectivity index (χ2v) is 10.8. The monoisotopic (exact) mass is 597 g/mol. The third-order valence-electron chi connectivity index (χ3n) is 7.64. The first-order valence-electron chi connectivity index (χ1n) is 12.9. The molecule has 204 valence electrons. The van der Waals surface area contributed by atoms with Crippen LogP contribution in [0.5, 0.6) is 5.75 Å². The van der Waals surface area contributed by atoms with E-state index in [1.54, 1.807) is 6.92 Å². The molecule has 0 saturated heterocycles. The number of nitrogens with one attached hydrogen (secondary N) is 1. The summed E-state index contributed by atoms with van der Waals surface area (Å²) < 4.78 is 46.8. The van der Waals surface area contributed by atoms with Crippen molar-refractivity contribution in [1.82, 2.24) is 4.98 Å². The Morgan fingerprint density at radius 1 is 1.23 bits per heavy atom. The maximum absolute atomic E-state index is 13.3. The van der Waals surface area contributed by atoms with Crippen molar-refractivity contribution in [2.24, 2.45) is 0 Å². The molecule has 1 N–H and O–H groups in total. The van der Waals surface area contributed by atoms with Gasteiger partial charge in [-0.2, -0.15) is 13.2 Å². The Hall–Kier alpha value is -3.28. The molecule has 1 heterocycles. The van der Waals surface area contributed by atoms with Crippen molar-refractivity contribution in [3.05, 3.63) is 106 Å². The third kappa shape index (κ3) is 6.32. The van der Waals surface area contributed by atoms with E-state index < -0.39 is 17.2 Å². The quantitative estimate of drug-likeness (QED) is 0.197. The summed E-state index contributed by atoms with van der Waals surface area (Å²) >= 11 is 3.68. The SMILES string of the molecule is C=C=C(/C=C(\C=C)CCc1cccc(Br)c1C1(C(C)=O)CCC(Oc2ccc3[nH]ccc3c2)CC1)C(F)(F)F. The molecule has 1 aromatic heterocycles. The van der Waals surface area contributed by atoms with Gasteiger partial charge in [0.2, 0.25) is 0 Å². The summed E-state index contributed by atoms with van der Waals surface area (Å²) in [5.74, 6) is 0.885. The highest BCUT2D eigenvalue weighted by molar-refractivity contribution is 9.10. The van der Waals surface area contributed by atoms with Gasteiger partial charge in [0.05, 0.1) is 17.1 Å².